The third kappa shape index (κ3) is 3.89. The zero-order valence-electron chi connectivity index (χ0n) is 6.85. The summed E-state index contributed by atoms with van der Waals surface area (Å²) in [4.78, 5) is 0. The van der Waals surface area contributed by atoms with Crippen molar-refractivity contribution in [3.8, 4) is 0 Å². The van der Waals surface area contributed by atoms with Crippen molar-refractivity contribution < 1.29 is 0 Å². The van der Waals surface area contributed by atoms with Crippen LogP contribution in [0, 0.1) is 0 Å². The van der Waals surface area contributed by atoms with Crippen molar-refractivity contribution in [3.05, 3.63) is 0 Å². The number of hydrogen-bond donors (Lipinski definition) is 4. The summed E-state index contributed by atoms with van der Waals surface area (Å²) >= 11 is 5.94. The zero-order valence-corrected chi connectivity index (χ0v) is 8.42. The van der Waals surface area contributed by atoms with Crippen LogP contribution in [0.5, 0.6) is 0 Å². The van der Waals surface area contributed by atoms with Crippen molar-refractivity contribution in [2.75, 3.05) is 26.2 Å². The van der Waals surface area contributed by atoms with Gasteiger partial charge in [-0.25, -0.2) is 0 Å². The van der Waals surface area contributed by atoms with Gasteiger partial charge in [0.05, 0.1) is 6.17 Å². The van der Waals surface area contributed by atoms with Crippen molar-refractivity contribution in [2.24, 2.45) is 5.73 Å². The van der Waals surface area contributed by atoms with Crippen molar-refractivity contribution in [1.82, 2.24) is 16.0 Å². The number of piperazine rings is 1. The minimum absolute atomic E-state index is 0. The van der Waals surface area contributed by atoms with Gasteiger partial charge in [-0.2, -0.15) is 0 Å². The van der Waals surface area contributed by atoms with Crippen LogP contribution in [-0.2, 0) is 0 Å². The van der Waals surface area contributed by atoms with Gasteiger partial charge < -0.3 is 5.73 Å². The highest BCUT2D eigenvalue weighted by molar-refractivity contribution is 6.20. The van der Waals surface area contributed by atoms with Crippen LogP contribution in [0.1, 0.15) is 0 Å². The fraction of sp³-hybridized carbons (Fsp3) is 1.00. The third-order valence-corrected chi connectivity index (χ3v) is 2.04. The Hall–Kier alpha value is 0.420. The molecule has 1 aliphatic heterocycles. The number of hydrogen-bond acceptors (Lipinski definition) is 4. The van der Waals surface area contributed by atoms with Crippen LogP contribution in [-0.4, -0.2) is 37.8 Å². The quantitative estimate of drug-likeness (QED) is 0.362. The molecular weight excluding hydrogens is 199 g/mol. The molecular formula is C6H16Cl2N4. The van der Waals surface area contributed by atoms with Gasteiger partial charge in [-0.05, 0) is 0 Å². The van der Waals surface area contributed by atoms with Crippen LogP contribution in [0.15, 0.2) is 0 Å². The summed E-state index contributed by atoms with van der Waals surface area (Å²) in [6.45, 7) is 3.31. The molecule has 12 heavy (non-hydrogen) atoms. The second-order valence-corrected chi connectivity index (χ2v) is 3.00. The summed E-state index contributed by atoms with van der Waals surface area (Å²) in [6.07, 6.45) is 0.147. The van der Waals surface area contributed by atoms with E-state index < -0.39 is 0 Å². The molecule has 0 aliphatic carbocycles. The Morgan fingerprint density at radius 3 is 2.67 bits per heavy atom. The molecule has 0 aromatic heterocycles. The van der Waals surface area contributed by atoms with Gasteiger partial charge in [0.1, 0.15) is 5.50 Å². The van der Waals surface area contributed by atoms with Crippen LogP contribution in [0.25, 0.3) is 0 Å². The molecule has 0 aromatic carbocycles. The Bertz CT molecular complexity index is 114. The lowest BCUT2D eigenvalue weighted by atomic mass is 10.3. The second-order valence-electron chi connectivity index (χ2n) is 2.53. The molecule has 2 unspecified atom stereocenters. The fourth-order valence-corrected chi connectivity index (χ4v) is 1.36. The molecule has 1 saturated heterocycles. The molecule has 0 radical (unpaired) electrons. The Balaban J connectivity index is 0.00000121. The van der Waals surface area contributed by atoms with Crippen LogP contribution < -0.4 is 21.7 Å². The summed E-state index contributed by atoms with van der Waals surface area (Å²) in [5.74, 6) is 0. The van der Waals surface area contributed by atoms with Gasteiger partial charge in [-0.1, -0.05) is 0 Å². The summed E-state index contributed by atoms with van der Waals surface area (Å²) in [7, 11) is 0. The molecule has 6 heteroatoms. The number of alkyl halides is 1. The predicted molar refractivity (Wildman–Crippen MR) is 53.7 cm³/mol. The summed E-state index contributed by atoms with van der Waals surface area (Å²) in [6, 6.07) is 0. The topological polar surface area (TPSA) is 62.1 Å². The first-order valence-electron chi connectivity index (χ1n) is 3.89. The normalized spacial score (nSPS) is 29.5. The molecule has 4 nitrogen and oxygen atoms in total. The summed E-state index contributed by atoms with van der Waals surface area (Å²) in [5.41, 5.74) is 5.31. The SMILES string of the molecule is Cl.NCCNC1NCCNC1Cl. The van der Waals surface area contributed by atoms with Crippen molar-refractivity contribution in [3.63, 3.8) is 0 Å². The van der Waals surface area contributed by atoms with Crippen LogP contribution in [0.2, 0.25) is 0 Å². The van der Waals surface area contributed by atoms with E-state index in [1.165, 1.54) is 0 Å². The molecule has 5 N–H and O–H groups in total. The van der Waals surface area contributed by atoms with Gasteiger partial charge >= 0.3 is 0 Å². The zero-order chi connectivity index (χ0) is 8.10. The van der Waals surface area contributed by atoms with E-state index in [1.807, 2.05) is 0 Å². The highest BCUT2D eigenvalue weighted by Gasteiger charge is 2.20. The maximum absolute atomic E-state index is 5.94. The van der Waals surface area contributed by atoms with E-state index >= 15 is 0 Å². The average Bonchev–Trinajstić information content (AvgIpc) is 2.03. The highest BCUT2D eigenvalue weighted by atomic mass is 35.5. The maximum Gasteiger partial charge on any atom is 0.111 e. The Labute approximate surface area is 84.0 Å². The van der Waals surface area contributed by atoms with E-state index in [-0.39, 0.29) is 24.1 Å². The first kappa shape index (κ1) is 12.4. The Morgan fingerprint density at radius 1 is 1.42 bits per heavy atom. The minimum atomic E-state index is -0.0321. The molecule has 0 amide bonds. The van der Waals surface area contributed by atoms with Gasteiger partial charge in [0.15, 0.2) is 0 Å². The van der Waals surface area contributed by atoms with Crippen LogP contribution in [0.4, 0.5) is 0 Å². The molecule has 74 valence electrons. The van der Waals surface area contributed by atoms with Gasteiger partial charge in [0.2, 0.25) is 0 Å². The number of nitrogens with two attached hydrogens (primary N) is 1. The van der Waals surface area contributed by atoms with Crippen LogP contribution >= 0.6 is 24.0 Å². The standard InChI is InChI=1S/C6H15ClN4.ClH/c7-5-6(10-2-1-8)11-4-3-9-5;/h5-6,9-11H,1-4,8H2;1H. The lowest BCUT2D eigenvalue weighted by Gasteiger charge is -2.30. The largest absolute Gasteiger partial charge is 0.329 e. The minimum Gasteiger partial charge on any atom is -0.329 e. The Morgan fingerprint density at radius 2 is 2.08 bits per heavy atom. The van der Waals surface area contributed by atoms with Gasteiger partial charge in [-0.15, -0.1) is 24.0 Å². The number of rotatable bonds is 3. The smallest absolute Gasteiger partial charge is 0.111 e. The highest BCUT2D eigenvalue weighted by Crippen LogP contribution is 1.98. The summed E-state index contributed by atoms with van der Waals surface area (Å²) in [5, 5.41) is 9.57. The van der Waals surface area contributed by atoms with Gasteiger partial charge in [0.25, 0.3) is 0 Å². The molecule has 1 aliphatic rings. The molecule has 0 saturated carbocycles. The van der Waals surface area contributed by atoms with E-state index in [0.29, 0.717) is 6.54 Å². The molecule has 1 fully saturated rings. The van der Waals surface area contributed by atoms with E-state index in [1.54, 1.807) is 0 Å². The van der Waals surface area contributed by atoms with Crippen molar-refractivity contribution in [2.45, 2.75) is 11.7 Å². The monoisotopic (exact) mass is 214 g/mol. The van der Waals surface area contributed by atoms with E-state index in [4.69, 9.17) is 17.3 Å². The molecule has 0 spiro atoms. The average molecular weight is 215 g/mol. The first-order chi connectivity index (χ1) is 5.34. The molecule has 1 heterocycles. The maximum atomic E-state index is 5.94. The van der Waals surface area contributed by atoms with E-state index in [2.05, 4.69) is 16.0 Å². The number of nitrogens with one attached hydrogen (secondary N) is 3. The lowest BCUT2D eigenvalue weighted by Crippen LogP contribution is -2.60. The third-order valence-electron chi connectivity index (χ3n) is 1.63. The van der Waals surface area contributed by atoms with Gasteiger partial charge in [0, 0.05) is 26.2 Å². The van der Waals surface area contributed by atoms with E-state index in [9.17, 15) is 0 Å². The first-order valence-corrected chi connectivity index (χ1v) is 4.32. The lowest BCUT2D eigenvalue weighted by molar-refractivity contribution is 0.337. The van der Waals surface area contributed by atoms with Crippen molar-refractivity contribution >= 4 is 24.0 Å². The molecule has 0 aromatic rings. The fourth-order valence-electron chi connectivity index (χ4n) is 1.07. The molecule has 0 bridgehead atoms. The summed E-state index contributed by atoms with van der Waals surface area (Å²) < 4.78 is 0. The second kappa shape index (κ2) is 6.88. The molecule has 2 atom stereocenters. The van der Waals surface area contributed by atoms with Crippen LogP contribution in [0.3, 0.4) is 0 Å². The number of halogens is 2. The predicted octanol–water partition coefficient (Wildman–Crippen LogP) is -0.960. The molecule has 1 rings (SSSR count). The van der Waals surface area contributed by atoms with Crippen molar-refractivity contribution in [1.29, 1.82) is 0 Å². The van der Waals surface area contributed by atoms with Gasteiger partial charge in [-0.3, -0.25) is 16.0 Å². The Kier molecular flexibility index (Phi) is 7.13. The van der Waals surface area contributed by atoms with E-state index in [0.717, 1.165) is 19.6 Å².